The lowest BCUT2D eigenvalue weighted by Crippen LogP contribution is -2.15. The van der Waals surface area contributed by atoms with Crippen LogP contribution in [0, 0.1) is 11.8 Å². The molecule has 1 rings (SSSR count). The van der Waals surface area contributed by atoms with Crippen LogP contribution in [0.5, 0.6) is 0 Å². The lowest BCUT2D eigenvalue weighted by molar-refractivity contribution is -0.119. The second-order valence-corrected chi connectivity index (χ2v) is 5.84. The lowest BCUT2D eigenvalue weighted by atomic mass is 10.00. The van der Waals surface area contributed by atoms with Gasteiger partial charge >= 0.3 is 0 Å². The van der Waals surface area contributed by atoms with Gasteiger partial charge < -0.3 is 14.3 Å². The highest BCUT2D eigenvalue weighted by Crippen LogP contribution is 2.20. The van der Waals surface area contributed by atoms with Crippen molar-refractivity contribution in [2.45, 2.75) is 81.8 Å². The maximum Gasteiger partial charge on any atom is 0.130 e. The van der Waals surface area contributed by atoms with Crippen LogP contribution in [0.25, 0.3) is 0 Å². The number of carbonyl (C=O) groups is 2. The van der Waals surface area contributed by atoms with E-state index in [1.165, 1.54) is 0 Å². The molecule has 2 atom stereocenters. The van der Waals surface area contributed by atoms with Gasteiger partial charge in [0.25, 0.3) is 0 Å². The standard InChI is InChI=1S/C8H14O2.C8H14O.2CH4/c1-6(4-7(2)9)5-8(3)10;1-6-4-7(2)9-8(3)5-6;;/h6H,4-5H2,1-3H3;4,6,8H,5H2,1-3H3;2*1H4. The Bertz CT molecular complexity index is 315. The normalized spacial score (nSPS) is 19.9. The van der Waals surface area contributed by atoms with E-state index in [0.29, 0.717) is 24.9 Å². The summed E-state index contributed by atoms with van der Waals surface area (Å²) in [4.78, 5) is 21.0. The molecule has 3 nitrogen and oxygen atoms in total. The Balaban J connectivity index is -0.000000282. The fraction of sp³-hybridized carbons (Fsp3) is 0.778. The summed E-state index contributed by atoms with van der Waals surface area (Å²) in [5.74, 6) is 2.33. The zero-order valence-corrected chi connectivity index (χ0v) is 13.2. The summed E-state index contributed by atoms with van der Waals surface area (Å²) < 4.78 is 5.42. The van der Waals surface area contributed by atoms with Gasteiger partial charge in [-0.2, -0.15) is 0 Å². The minimum atomic E-state index is 0. The van der Waals surface area contributed by atoms with E-state index < -0.39 is 0 Å². The first kappa shape index (κ1) is 24.9. The van der Waals surface area contributed by atoms with Gasteiger partial charge in [-0.05, 0) is 52.0 Å². The van der Waals surface area contributed by atoms with Crippen LogP contribution in [0.1, 0.15) is 75.7 Å². The second-order valence-electron chi connectivity index (χ2n) is 5.84. The van der Waals surface area contributed by atoms with Crippen LogP contribution in [-0.2, 0) is 14.3 Å². The zero-order valence-electron chi connectivity index (χ0n) is 13.2. The van der Waals surface area contributed by atoms with Crippen molar-refractivity contribution in [3.05, 3.63) is 11.8 Å². The number of ketones is 2. The van der Waals surface area contributed by atoms with Crippen LogP contribution in [0.4, 0.5) is 0 Å². The summed E-state index contributed by atoms with van der Waals surface area (Å²) in [6, 6.07) is 0. The highest BCUT2D eigenvalue weighted by atomic mass is 16.5. The third kappa shape index (κ3) is 15.1. The Kier molecular flexibility index (Phi) is 14.9. The van der Waals surface area contributed by atoms with E-state index in [1.54, 1.807) is 13.8 Å². The van der Waals surface area contributed by atoms with Crippen molar-refractivity contribution in [2.75, 3.05) is 0 Å². The fourth-order valence-corrected chi connectivity index (χ4v) is 2.45. The maximum atomic E-state index is 10.5. The van der Waals surface area contributed by atoms with Gasteiger partial charge in [-0.3, -0.25) is 0 Å². The maximum absolute atomic E-state index is 10.5. The molecular weight excluding hydrogens is 264 g/mol. The molecule has 3 heteroatoms. The molecule has 0 aromatic rings. The van der Waals surface area contributed by atoms with Crippen molar-refractivity contribution in [1.29, 1.82) is 0 Å². The van der Waals surface area contributed by atoms with Gasteiger partial charge in [-0.15, -0.1) is 0 Å². The van der Waals surface area contributed by atoms with Crippen molar-refractivity contribution < 1.29 is 14.3 Å². The van der Waals surface area contributed by atoms with E-state index in [-0.39, 0.29) is 32.3 Å². The molecule has 0 amide bonds. The Labute approximate surface area is 132 Å². The third-order valence-corrected chi connectivity index (χ3v) is 2.88. The highest BCUT2D eigenvalue weighted by molar-refractivity contribution is 5.78. The Morgan fingerprint density at radius 1 is 1.19 bits per heavy atom. The highest BCUT2D eigenvalue weighted by Gasteiger charge is 2.13. The number of hydrogen-bond donors (Lipinski definition) is 0. The molecule has 1 aliphatic heterocycles. The summed E-state index contributed by atoms with van der Waals surface area (Å²) in [5, 5.41) is 0. The van der Waals surface area contributed by atoms with Gasteiger partial charge in [0.05, 0.1) is 11.9 Å². The first-order valence-corrected chi connectivity index (χ1v) is 7.04. The Hall–Kier alpha value is -1.12. The number of rotatable bonds is 4. The van der Waals surface area contributed by atoms with E-state index in [1.807, 2.05) is 13.8 Å². The number of Topliss-reactive ketones (excluding diaryl/α,β-unsaturated/α-hetero) is 2. The quantitative estimate of drug-likeness (QED) is 0.717. The summed E-state index contributed by atoms with van der Waals surface area (Å²) in [5.41, 5.74) is 0. The van der Waals surface area contributed by atoms with Crippen LogP contribution < -0.4 is 0 Å². The number of ether oxygens (including phenoxy) is 1. The van der Waals surface area contributed by atoms with Crippen LogP contribution in [-0.4, -0.2) is 17.7 Å². The average molecular weight is 300 g/mol. The van der Waals surface area contributed by atoms with Gasteiger partial charge in [-0.1, -0.05) is 28.7 Å². The topological polar surface area (TPSA) is 43.4 Å². The largest absolute Gasteiger partial charge is 0.496 e. The molecule has 1 heterocycles. The van der Waals surface area contributed by atoms with E-state index in [2.05, 4.69) is 19.9 Å². The first-order valence-electron chi connectivity index (χ1n) is 7.04. The molecule has 0 radical (unpaired) electrons. The van der Waals surface area contributed by atoms with E-state index >= 15 is 0 Å². The molecule has 0 saturated heterocycles. The van der Waals surface area contributed by atoms with Crippen LogP contribution in [0.2, 0.25) is 0 Å². The van der Waals surface area contributed by atoms with E-state index in [4.69, 9.17) is 4.74 Å². The van der Waals surface area contributed by atoms with Crippen LogP contribution >= 0.6 is 0 Å². The molecule has 1 aliphatic rings. The predicted molar refractivity (Wildman–Crippen MR) is 91.3 cm³/mol. The Morgan fingerprint density at radius 3 is 1.90 bits per heavy atom. The van der Waals surface area contributed by atoms with Gasteiger partial charge in [0.15, 0.2) is 0 Å². The third-order valence-electron chi connectivity index (χ3n) is 2.88. The van der Waals surface area contributed by atoms with Crippen molar-refractivity contribution in [1.82, 2.24) is 0 Å². The monoisotopic (exact) mass is 300 g/mol. The van der Waals surface area contributed by atoms with Crippen molar-refractivity contribution in [3.63, 3.8) is 0 Å². The van der Waals surface area contributed by atoms with Gasteiger partial charge in [-0.25, -0.2) is 0 Å². The average Bonchev–Trinajstić information content (AvgIpc) is 2.12. The number of hydrogen-bond acceptors (Lipinski definition) is 3. The molecule has 0 spiro atoms. The van der Waals surface area contributed by atoms with Gasteiger partial charge in [0, 0.05) is 12.8 Å². The molecule has 0 aliphatic carbocycles. The second kappa shape index (κ2) is 12.6. The summed E-state index contributed by atoms with van der Waals surface area (Å²) >= 11 is 0. The molecular formula is C18H36O3. The predicted octanol–water partition coefficient (Wildman–Crippen LogP) is 5.19. The van der Waals surface area contributed by atoms with E-state index in [0.717, 1.165) is 12.2 Å². The SMILES string of the molecule is C.C.CC(=O)CC(C)CC(C)=O.CC1=CC(C)CC(C)O1. The molecule has 0 aromatic heterocycles. The molecule has 0 aromatic carbocycles. The van der Waals surface area contributed by atoms with Crippen molar-refractivity contribution in [3.8, 4) is 0 Å². The summed E-state index contributed by atoms with van der Waals surface area (Å²) in [6.07, 6.45) is 4.82. The minimum Gasteiger partial charge on any atom is -0.496 e. The summed E-state index contributed by atoms with van der Waals surface area (Å²) in [6.45, 7) is 11.4. The first-order chi connectivity index (χ1) is 8.70. The van der Waals surface area contributed by atoms with Crippen molar-refractivity contribution in [2.24, 2.45) is 11.8 Å². The van der Waals surface area contributed by atoms with E-state index in [9.17, 15) is 9.59 Å². The molecule has 126 valence electrons. The number of allylic oxidation sites excluding steroid dienone is 2. The minimum absolute atomic E-state index is 0. The molecule has 2 unspecified atom stereocenters. The molecule has 0 fully saturated rings. The van der Waals surface area contributed by atoms with Crippen LogP contribution in [0.15, 0.2) is 11.8 Å². The Morgan fingerprint density at radius 2 is 1.62 bits per heavy atom. The summed E-state index contributed by atoms with van der Waals surface area (Å²) in [7, 11) is 0. The molecule has 0 saturated carbocycles. The number of carbonyl (C=O) groups excluding carboxylic acids is 2. The zero-order chi connectivity index (χ0) is 15.0. The fourth-order valence-electron chi connectivity index (χ4n) is 2.45. The van der Waals surface area contributed by atoms with Gasteiger partial charge in [0.2, 0.25) is 0 Å². The molecule has 21 heavy (non-hydrogen) atoms. The van der Waals surface area contributed by atoms with Gasteiger partial charge in [0.1, 0.15) is 11.6 Å². The smallest absolute Gasteiger partial charge is 0.130 e. The molecule has 0 N–H and O–H groups in total. The van der Waals surface area contributed by atoms with Crippen LogP contribution in [0.3, 0.4) is 0 Å². The lowest BCUT2D eigenvalue weighted by Gasteiger charge is -2.23. The van der Waals surface area contributed by atoms with Crippen molar-refractivity contribution >= 4 is 11.6 Å². The molecule has 0 bridgehead atoms.